The Morgan fingerprint density at radius 1 is 1.29 bits per heavy atom. The van der Waals surface area contributed by atoms with Crippen molar-refractivity contribution >= 4 is 11.4 Å². The van der Waals surface area contributed by atoms with Gasteiger partial charge < -0.3 is 10.2 Å². The maximum absolute atomic E-state index is 3.53. The number of piperidine rings is 1. The second-order valence-corrected chi connectivity index (χ2v) is 5.57. The van der Waals surface area contributed by atoms with Gasteiger partial charge in [0, 0.05) is 31.0 Å². The van der Waals surface area contributed by atoms with Crippen LogP contribution in [0, 0.1) is 5.92 Å². The summed E-state index contributed by atoms with van der Waals surface area (Å²) in [6.07, 6.45) is 5.23. The van der Waals surface area contributed by atoms with Gasteiger partial charge in [-0.1, -0.05) is 13.0 Å². The summed E-state index contributed by atoms with van der Waals surface area (Å²) in [5, 5.41) is 3.53. The molecule has 0 aromatic heterocycles. The summed E-state index contributed by atoms with van der Waals surface area (Å²) in [5.41, 5.74) is 4.27. The Kier molecular flexibility index (Phi) is 2.96. The maximum Gasteiger partial charge on any atom is 0.0393 e. The normalized spacial score (nSPS) is 24.1. The summed E-state index contributed by atoms with van der Waals surface area (Å²) in [6.45, 7) is 5.94. The van der Waals surface area contributed by atoms with Gasteiger partial charge in [0.1, 0.15) is 0 Å². The van der Waals surface area contributed by atoms with Crippen LogP contribution in [0.5, 0.6) is 0 Å². The maximum atomic E-state index is 3.53. The summed E-state index contributed by atoms with van der Waals surface area (Å²) in [6, 6.07) is 6.98. The highest BCUT2D eigenvalue weighted by Crippen LogP contribution is 2.29. The smallest absolute Gasteiger partial charge is 0.0393 e. The summed E-state index contributed by atoms with van der Waals surface area (Å²) < 4.78 is 0. The molecule has 92 valence electrons. The minimum Gasteiger partial charge on any atom is -0.385 e. The Labute approximate surface area is 104 Å². The van der Waals surface area contributed by atoms with Crippen molar-refractivity contribution in [3.8, 4) is 0 Å². The number of hydrogen-bond acceptors (Lipinski definition) is 2. The third kappa shape index (κ3) is 2.26. The molecule has 0 saturated carbocycles. The minimum atomic E-state index is 0.841. The first kappa shape index (κ1) is 10.9. The molecule has 2 heterocycles. The number of aryl methyl sites for hydroxylation is 1. The second kappa shape index (κ2) is 4.59. The largest absolute Gasteiger partial charge is 0.385 e. The third-order valence-corrected chi connectivity index (χ3v) is 4.05. The molecule has 0 bridgehead atoms. The molecule has 2 nitrogen and oxygen atoms in total. The van der Waals surface area contributed by atoms with Crippen LogP contribution in [-0.4, -0.2) is 19.6 Å². The molecule has 1 unspecified atom stereocenters. The molecule has 2 heteroatoms. The van der Waals surface area contributed by atoms with Crippen LogP contribution in [0.3, 0.4) is 0 Å². The van der Waals surface area contributed by atoms with Crippen LogP contribution in [0.4, 0.5) is 11.4 Å². The van der Waals surface area contributed by atoms with Gasteiger partial charge in [0.15, 0.2) is 0 Å². The molecular formula is C15H22N2. The number of rotatable bonds is 1. The van der Waals surface area contributed by atoms with Gasteiger partial charge in [0.25, 0.3) is 0 Å². The highest BCUT2D eigenvalue weighted by atomic mass is 15.1. The minimum absolute atomic E-state index is 0.841. The lowest BCUT2D eigenvalue weighted by molar-refractivity contribution is 0.447. The molecule has 0 spiro atoms. The van der Waals surface area contributed by atoms with Crippen molar-refractivity contribution in [3.05, 3.63) is 23.8 Å². The molecule has 0 amide bonds. The molecule has 0 aliphatic carbocycles. The Balaban J connectivity index is 1.83. The molecule has 1 saturated heterocycles. The first-order chi connectivity index (χ1) is 8.33. The number of anilines is 2. The summed E-state index contributed by atoms with van der Waals surface area (Å²) in [7, 11) is 0. The molecular weight excluding hydrogens is 208 g/mol. The SMILES string of the molecule is CC1CCCN(c2ccc3c(c2)NCCC3)C1. The zero-order chi connectivity index (χ0) is 11.7. The van der Waals surface area contributed by atoms with Gasteiger partial charge in [-0.25, -0.2) is 0 Å². The fraction of sp³-hybridized carbons (Fsp3) is 0.600. The number of benzene rings is 1. The van der Waals surface area contributed by atoms with E-state index in [0.717, 1.165) is 12.5 Å². The molecule has 2 aliphatic heterocycles. The van der Waals surface area contributed by atoms with Crippen LogP contribution < -0.4 is 10.2 Å². The second-order valence-electron chi connectivity index (χ2n) is 5.57. The van der Waals surface area contributed by atoms with Crippen LogP contribution in [-0.2, 0) is 6.42 Å². The molecule has 0 radical (unpaired) electrons. The zero-order valence-electron chi connectivity index (χ0n) is 10.7. The molecule has 1 atom stereocenters. The molecule has 17 heavy (non-hydrogen) atoms. The predicted octanol–water partition coefficient (Wildman–Crippen LogP) is 3.28. The summed E-state index contributed by atoms with van der Waals surface area (Å²) in [4.78, 5) is 2.55. The van der Waals surface area contributed by atoms with Gasteiger partial charge in [0.05, 0.1) is 0 Å². The van der Waals surface area contributed by atoms with Gasteiger partial charge >= 0.3 is 0 Å². The molecule has 3 rings (SSSR count). The first-order valence-corrected chi connectivity index (χ1v) is 6.95. The van der Waals surface area contributed by atoms with Crippen LogP contribution in [0.2, 0.25) is 0 Å². The Hall–Kier alpha value is -1.18. The Bertz CT molecular complexity index is 400. The van der Waals surface area contributed by atoms with E-state index in [1.807, 2.05) is 0 Å². The van der Waals surface area contributed by atoms with Crippen molar-refractivity contribution in [2.75, 3.05) is 29.9 Å². The van der Waals surface area contributed by atoms with E-state index in [-0.39, 0.29) is 0 Å². The highest BCUT2D eigenvalue weighted by Gasteiger charge is 2.18. The number of nitrogens with zero attached hydrogens (tertiary/aromatic N) is 1. The van der Waals surface area contributed by atoms with E-state index in [0.29, 0.717) is 0 Å². The van der Waals surface area contributed by atoms with Gasteiger partial charge in [0.2, 0.25) is 0 Å². The van der Waals surface area contributed by atoms with Crippen molar-refractivity contribution in [1.29, 1.82) is 0 Å². The number of hydrogen-bond donors (Lipinski definition) is 1. The van der Waals surface area contributed by atoms with E-state index in [4.69, 9.17) is 0 Å². The highest BCUT2D eigenvalue weighted by molar-refractivity contribution is 5.63. The van der Waals surface area contributed by atoms with Gasteiger partial charge in [-0.15, -0.1) is 0 Å². The van der Waals surface area contributed by atoms with Gasteiger partial charge in [-0.05, 0) is 49.3 Å². The lowest BCUT2D eigenvalue weighted by Gasteiger charge is -2.33. The molecule has 1 fully saturated rings. The van der Waals surface area contributed by atoms with E-state index < -0.39 is 0 Å². The van der Waals surface area contributed by atoms with E-state index in [1.54, 1.807) is 0 Å². The first-order valence-electron chi connectivity index (χ1n) is 6.95. The average molecular weight is 230 g/mol. The zero-order valence-corrected chi connectivity index (χ0v) is 10.7. The lowest BCUT2D eigenvalue weighted by atomic mass is 9.98. The van der Waals surface area contributed by atoms with Gasteiger partial charge in [-0.3, -0.25) is 0 Å². The fourth-order valence-electron chi connectivity index (χ4n) is 3.07. The average Bonchev–Trinajstić information content (AvgIpc) is 2.38. The summed E-state index contributed by atoms with van der Waals surface area (Å²) in [5.74, 6) is 0.841. The number of nitrogens with one attached hydrogen (secondary N) is 1. The molecule has 1 aromatic carbocycles. The van der Waals surface area contributed by atoms with Crippen molar-refractivity contribution in [2.45, 2.75) is 32.6 Å². The molecule has 1 N–H and O–H groups in total. The van der Waals surface area contributed by atoms with Crippen molar-refractivity contribution in [1.82, 2.24) is 0 Å². The molecule has 1 aromatic rings. The third-order valence-electron chi connectivity index (χ3n) is 4.05. The quantitative estimate of drug-likeness (QED) is 0.796. The van der Waals surface area contributed by atoms with E-state index in [9.17, 15) is 0 Å². The number of fused-ring (bicyclic) bond motifs is 1. The standard InChI is InChI=1S/C15H22N2/c1-12-4-3-9-17(11-12)14-7-6-13-5-2-8-16-15(13)10-14/h6-7,10,12,16H,2-5,8-9,11H2,1H3. The predicted molar refractivity (Wildman–Crippen MR) is 73.9 cm³/mol. The van der Waals surface area contributed by atoms with Crippen LogP contribution in [0.25, 0.3) is 0 Å². The van der Waals surface area contributed by atoms with Crippen molar-refractivity contribution < 1.29 is 0 Å². The van der Waals surface area contributed by atoms with E-state index in [1.165, 1.54) is 55.7 Å². The van der Waals surface area contributed by atoms with Crippen LogP contribution >= 0.6 is 0 Å². The monoisotopic (exact) mass is 230 g/mol. The molecule has 2 aliphatic rings. The van der Waals surface area contributed by atoms with E-state index >= 15 is 0 Å². The topological polar surface area (TPSA) is 15.3 Å². The van der Waals surface area contributed by atoms with Crippen LogP contribution in [0.1, 0.15) is 31.7 Å². The van der Waals surface area contributed by atoms with Gasteiger partial charge in [-0.2, -0.15) is 0 Å². The van der Waals surface area contributed by atoms with Crippen molar-refractivity contribution in [3.63, 3.8) is 0 Å². The fourth-order valence-corrected chi connectivity index (χ4v) is 3.07. The van der Waals surface area contributed by atoms with Crippen molar-refractivity contribution in [2.24, 2.45) is 5.92 Å². The van der Waals surface area contributed by atoms with E-state index in [2.05, 4.69) is 35.3 Å². The lowest BCUT2D eigenvalue weighted by Crippen LogP contribution is -2.34. The van der Waals surface area contributed by atoms with Crippen LogP contribution in [0.15, 0.2) is 18.2 Å². The summed E-state index contributed by atoms with van der Waals surface area (Å²) >= 11 is 0. The Morgan fingerprint density at radius 2 is 2.24 bits per heavy atom. The Morgan fingerprint density at radius 3 is 3.12 bits per heavy atom.